The number of carbonyl (C=O) groups is 1. The Hall–Kier alpha value is -3.64. The highest BCUT2D eigenvalue weighted by atomic mass is 32.3. The normalized spacial score (nSPS) is 18.4. The molecule has 0 saturated carbocycles. The Morgan fingerprint density at radius 3 is 2.67 bits per heavy atom. The molecule has 212 valence electrons. The van der Waals surface area contributed by atoms with E-state index in [9.17, 15) is 19.0 Å². The number of rotatable bonds is 8. The predicted molar refractivity (Wildman–Crippen MR) is 153 cm³/mol. The first kappa shape index (κ1) is 27.9. The minimum Gasteiger partial charge on any atom is -0.494 e. The molecule has 0 saturated heterocycles. The van der Waals surface area contributed by atoms with Crippen LogP contribution in [0.25, 0.3) is 11.0 Å². The van der Waals surface area contributed by atoms with Gasteiger partial charge in [0, 0.05) is 19.5 Å². The standard InChI is InChI=1S/C29H34N4O6S/c1-5-22-17-33(40(36,37)27-9-7-6-8-25(27)39-22)16-21-12-19(11-10-18(21)2)23(15-28(34)35)20-13-24-29(26(14-20)38-4)32(3)31-30-24/h6-14,22-23,36-37H,5,15-17H2,1-4H3,(H,34,35)/t22-,23?/m1/s1. The summed E-state index contributed by atoms with van der Waals surface area (Å²) in [6.07, 6.45) is 0.339. The number of carboxylic acid groups (broad SMARTS) is 1. The van der Waals surface area contributed by atoms with E-state index in [-0.39, 0.29) is 19.1 Å². The molecule has 0 aliphatic carbocycles. The summed E-state index contributed by atoms with van der Waals surface area (Å²) in [5.74, 6) is -0.386. The first-order valence-electron chi connectivity index (χ1n) is 13.1. The van der Waals surface area contributed by atoms with Crippen LogP contribution in [-0.4, -0.2) is 59.2 Å². The Bertz CT molecular complexity index is 1560. The quantitative estimate of drug-likeness (QED) is 0.250. The molecule has 0 bridgehead atoms. The zero-order chi connectivity index (χ0) is 28.6. The van der Waals surface area contributed by atoms with Crippen molar-refractivity contribution < 1.29 is 28.5 Å². The zero-order valence-corrected chi connectivity index (χ0v) is 23.8. The van der Waals surface area contributed by atoms with Crippen LogP contribution < -0.4 is 9.47 Å². The van der Waals surface area contributed by atoms with Gasteiger partial charge in [-0.25, -0.2) is 4.68 Å². The minimum absolute atomic E-state index is 0.143. The highest BCUT2D eigenvalue weighted by Crippen LogP contribution is 2.57. The Labute approximate surface area is 234 Å². The fourth-order valence-corrected chi connectivity index (χ4v) is 6.85. The van der Waals surface area contributed by atoms with Gasteiger partial charge in [0.1, 0.15) is 33.5 Å². The molecule has 1 aliphatic rings. The number of aryl methyl sites for hydroxylation is 2. The van der Waals surface area contributed by atoms with Crippen molar-refractivity contribution in [3.8, 4) is 11.5 Å². The number of benzene rings is 3. The van der Waals surface area contributed by atoms with Gasteiger partial charge >= 0.3 is 5.97 Å². The van der Waals surface area contributed by atoms with E-state index < -0.39 is 22.7 Å². The lowest BCUT2D eigenvalue weighted by molar-refractivity contribution is -0.137. The van der Waals surface area contributed by atoms with Crippen molar-refractivity contribution in [1.29, 1.82) is 0 Å². The van der Waals surface area contributed by atoms with Crippen LogP contribution >= 0.6 is 10.8 Å². The number of aliphatic carboxylic acids is 1. The molecule has 1 aromatic heterocycles. The SMILES string of the molecule is CC[C@@H]1CN(Cc2cc(C(CC(=O)O)c3cc(OC)c4c(c3)nnn4C)ccc2C)S(O)(O)c2ccccc2O1. The molecule has 3 N–H and O–H groups in total. The molecule has 0 fully saturated rings. The van der Waals surface area contributed by atoms with Crippen LogP contribution in [0.2, 0.25) is 0 Å². The van der Waals surface area contributed by atoms with Gasteiger partial charge in [-0.1, -0.05) is 42.5 Å². The van der Waals surface area contributed by atoms with E-state index >= 15 is 0 Å². The fourth-order valence-electron chi connectivity index (χ4n) is 5.23. The lowest BCUT2D eigenvalue weighted by Gasteiger charge is -2.42. The van der Waals surface area contributed by atoms with Crippen molar-refractivity contribution in [3.05, 3.63) is 76.9 Å². The second kappa shape index (κ2) is 11.1. The molecule has 10 nitrogen and oxygen atoms in total. The van der Waals surface area contributed by atoms with Gasteiger partial charge in [0.25, 0.3) is 0 Å². The van der Waals surface area contributed by atoms with E-state index in [1.807, 2.05) is 50.2 Å². The number of hydrogen-bond donors (Lipinski definition) is 3. The van der Waals surface area contributed by atoms with E-state index in [1.54, 1.807) is 41.3 Å². The van der Waals surface area contributed by atoms with Gasteiger partial charge in [-0.15, -0.1) is 15.9 Å². The number of aromatic nitrogens is 3. The van der Waals surface area contributed by atoms with E-state index in [4.69, 9.17) is 9.47 Å². The fraction of sp³-hybridized carbons (Fsp3) is 0.345. The van der Waals surface area contributed by atoms with Crippen LogP contribution in [0.5, 0.6) is 11.5 Å². The lowest BCUT2D eigenvalue weighted by atomic mass is 9.86. The summed E-state index contributed by atoms with van der Waals surface area (Å²) in [5.41, 5.74) is 4.71. The predicted octanol–water partition coefficient (Wildman–Crippen LogP) is 5.59. The Morgan fingerprint density at radius 1 is 1.18 bits per heavy atom. The monoisotopic (exact) mass is 566 g/mol. The maximum Gasteiger partial charge on any atom is 0.304 e. The van der Waals surface area contributed by atoms with Crippen molar-refractivity contribution in [2.24, 2.45) is 7.05 Å². The van der Waals surface area contributed by atoms with E-state index in [0.29, 0.717) is 34.9 Å². The van der Waals surface area contributed by atoms with Gasteiger partial charge in [-0.05, 0) is 59.9 Å². The van der Waals surface area contributed by atoms with Gasteiger partial charge < -0.3 is 14.6 Å². The largest absolute Gasteiger partial charge is 0.494 e. The lowest BCUT2D eigenvalue weighted by Crippen LogP contribution is -2.34. The Morgan fingerprint density at radius 2 is 1.95 bits per heavy atom. The van der Waals surface area contributed by atoms with Crippen LogP contribution in [-0.2, 0) is 18.4 Å². The topological polar surface area (TPSA) is 130 Å². The van der Waals surface area contributed by atoms with Crippen LogP contribution in [0, 0.1) is 6.92 Å². The molecule has 4 aromatic rings. The molecule has 0 spiro atoms. The van der Waals surface area contributed by atoms with Gasteiger partial charge in [0.05, 0.1) is 20.1 Å². The summed E-state index contributed by atoms with van der Waals surface area (Å²) in [4.78, 5) is 12.4. The molecule has 1 unspecified atom stereocenters. The van der Waals surface area contributed by atoms with E-state index in [0.717, 1.165) is 27.8 Å². The number of methoxy groups -OCH3 is 1. The molecule has 0 amide bonds. The number of fused-ring (bicyclic) bond motifs is 2. The molecule has 2 atom stereocenters. The summed E-state index contributed by atoms with van der Waals surface area (Å²) in [6.45, 7) is 4.55. The molecule has 3 aromatic carbocycles. The third-order valence-electron chi connectivity index (χ3n) is 7.47. The Kier molecular flexibility index (Phi) is 7.74. The maximum absolute atomic E-state index is 12.0. The third-order valence-corrected chi connectivity index (χ3v) is 9.40. The highest BCUT2D eigenvalue weighted by molar-refractivity contribution is 8.22. The van der Waals surface area contributed by atoms with Crippen molar-refractivity contribution in [3.63, 3.8) is 0 Å². The highest BCUT2D eigenvalue weighted by Gasteiger charge is 2.35. The number of para-hydroxylation sites is 1. The molecule has 2 heterocycles. The van der Waals surface area contributed by atoms with Gasteiger partial charge in [-0.3, -0.25) is 13.9 Å². The summed E-state index contributed by atoms with van der Waals surface area (Å²) < 4.78 is 37.9. The van der Waals surface area contributed by atoms with E-state index in [1.165, 1.54) is 0 Å². The van der Waals surface area contributed by atoms with Crippen LogP contribution in [0.1, 0.15) is 47.9 Å². The van der Waals surface area contributed by atoms with Crippen molar-refractivity contribution in [1.82, 2.24) is 19.3 Å². The summed E-state index contributed by atoms with van der Waals surface area (Å²) in [6, 6.07) is 16.6. The average Bonchev–Trinajstić information content (AvgIpc) is 3.27. The maximum atomic E-state index is 12.0. The number of ether oxygens (including phenoxy) is 2. The Balaban J connectivity index is 1.55. The minimum atomic E-state index is -3.33. The van der Waals surface area contributed by atoms with Gasteiger partial charge in [-0.2, -0.15) is 4.31 Å². The third kappa shape index (κ3) is 5.25. The summed E-state index contributed by atoms with van der Waals surface area (Å²) in [5, 5.41) is 18.1. The van der Waals surface area contributed by atoms with Crippen LogP contribution in [0.4, 0.5) is 0 Å². The number of nitrogens with zero attached hydrogens (tertiary/aromatic N) is 4. The van der Waals surface area contributed by atoms with Crippen molar-refractivity contribution in [2.45, 2.75) is 50.2 Å². The van der Waals surface area contributed by atoms with Crippen LogP contribution in [0.15, 0.2) is 59.5 Å². The second-order valence-electron chi connectivity index (χ2n) is 10.1. The molecular formula is C29H34N4O6S. The smallest absolute Gasteiger partial charge is 0.304 e. The summed E-state index contributed by atoms with van der Waals surface area (Å²) >= 11 is 0. The molecule has 40 heavy (non-hydrogen) atoms. The molecule has 1 aliphatic heterocycles. The average molecular weight is 567 g/mol. The first-order valence-corrected chi connectivity index (χ1v) is 14.6. The molecular weight excluding hydrogens is 532 g/mol. The second-order valence-corrected chi connectivity index (χ2v) is 12.1. The van der Waals surface area contributed by atoms with Crippen LogP contribution in [0.3, 0.4) is 0 Å². The molecule has 5 rings (SSSR count). The number of carboxylic acids is 1. The molecule has 0 radical (unpaired) electrons. The van der Waals surface area contributed by atoms with Gasteiger partial charge in [0.2, 0.25) is 0 Å². The van der Waals surface area contributed by atoms with Crippen molar-refractivity contribution in [2.75, 3.05) is 13.7 Å². The van der Waals surface area contributed by atoms with Crippen molar-refractivity contribution >= 4 is 27.8 Å². The zero-order valence-electron chi connectivity index (χ0n) is 22.9. The van der Waals surface area contributed by atoms with E-state index in [2.05, 4.69) is 10.3 Å². The number of hydrogen-bond acceptors (Lipinski definition) is 8. The summed E-state index contributed by atoms with van der Waals surface area (Å²) in [7, 11) is 0.00585. The first-order chi connectivity index (χ1) is 19.1. The van der Waals surface area contributed by atoms with Gasteiger partial charge in [0.15, 0.2) is 0 Å². The molecule has 11 heteroatoms.